The highest BCUT2D eigenvalue weighted by Crippen LogP contribution is 2.17. The largest absolute Gasteiger partial charge is 0.401 e. The van der Waals surface area contributed by atoms with E-state index in [2.05, 4.69) is 5.32 Å². The quantitative estimate of drug-likeness (QED) is 0.717. The van der Waals surface area contributed by atoms with E-state index in [1.54, 1.807) is 6.92 Å². The zero-order valence-corrected chi connectivity index (χ0v) is 11.0. The lowest BCUT2D eigenvalue weighted by atomic mass is 10.2. The minimum absolute atomic E-state index is 0.249. The first-order chi connectivity index (χ1) is 7.80. The summed E-state index contributed by atoms with van der Waals surface area (Å²) in [6, 6.07) is -0.00651. The zero-order chi connectivity index (χ0) is 13.5. The number of alkyl halides is 3. The van der Waals surface area contributed by atoms with Gasteiger partial charge in [0.15, 0.2) is 0 Å². The van der Waals surface area contributed by atoms with Gasteiger partial charge in [0.05, 0.1) is 13.2 Å². The third-order valence-electron chi connectivity index (χ3n) is 2.43. The van der Waals surface area contributed by atoms with Crippen LogP contribution in [-0.4, -0.2) is 56.5 Å². The molecule has 0 aromatic carbocycles. The highest BCUT2D eigenvalue weighted by molar-refractivity contribution is 4.76. The number of nitrogens with one attached hydrogen (secondary N) is 1. The molecule has 0 radical (unpaired) electrons. The van der Waals surface area contributed by atoms with Crippen LogP contribution >= 0.6 is 0 Å². The Hall–Kier alpha value is -0.330. The van der Waals surface area contributed by atoms with Crippen molar-refractivity contribution in [1.82, 2.24) is 10.2 Å². The standard InChI is InChI=1S/C11H23F3N2O/c1-5-16(8-11(12,13)14)10(7-17-4)6-15-9(2)3/h9-10,15H,5-8H2,1-4H3. The van der Waals surface area contributed by atoms with Crippen LogP contribution < -0.4 is 5.32 Å². The molecule has 0 aliphatic rings. The summed E-state index contributed by atoms with van der Waals surface area (Å²) in [5.41, 5.74) is 0. The smallest absolute Gasteiger partial charge is 0.383 e. The number of likely N-dealkylation sites (N-methyl/N-ethyl adjacent to an activating group) is 1. The number of nitrogens with zero attached hydrogens (tertiary/aromatic N) is 1. The number of rotatable bonds is 8. The molecule has 0 saturated heterocycles. The van der Waals surface area contributed by atoms with E-state index in [0.29, 0.717) is 19.7 Å². The van der Waals surface area contributed by atoms with E-state index >= 15 is 0 Å². The second-order valence-electron chi connectivity index (χ2n) is 4.35. The van der Waals surface area contributed by atoms with Gasteiger partial charge in [-0.3, -0.25) is 4.90 Å². The van der Waals surface area contributed by atoms with Gasteiger partial charge in [0.2, 0.25) is 0 Å². The molecular formula is C11H23F3N2O. The molecule has 3 nitrogen and oxygen atoms in total. The molecule has 104 valence electrons. The lowest BCUT2D eigenvalue weighted by Gasteiger charge is -2.31. The summed E-state index contributed by atoms with van der Waals surface area (Å²) < 4.78 is 42.2. The molecular weight excluding hydrogens is 233 g/mol. The molecule has 0 heterocycles. The maximum Gasteiger partial charge on any atom is 0.401 e. The Morgan fingerprint density at radius 2 is 1.88 bits per heavy atom. The van der Waals surface area contributed by atoms with Gasteiger partial charge in [-0.2, -0.15) is 13.2 Å². The molecule has 6 heteroatoms. The molecule has 0 aliphatic carbocycles. The summed E-state index contributed by atoms with van der Waals surface area (Å²) >= 11 is 0. The number of halogens is 3. The molecule has 0 rings (SSSR count). The van der Waals surface area contributed by atoms with Gasteiger partial charge in [-0.1, -0.05) is 20.8 Å². The number of hydrogen-bond donors (Lipinski definition) is 1. The zero-order valence-electron chi connectivity index (χ0n) is 11.0. The second kappa shape index (κ2) is 7.89. The topological polar surface area (TPSA) is 24.5 Å². The molecule has 0 aliphatic heterocycles. The summed E-state index contributed by atoms with van der Waals surface area (Å²) in [7, 11) is 1.50. The van der Waals surface area contributed by atoms with Crippen LogP contribution in [0.1, 0.15) is 20.8 Å². The number of methoxy groups -OCH3 is 1. The lowest BCUT2D eigenvalue weighted by Crippen LogP contribution is -2.49. The van der Waals surface area contributed by atoms with Crippen molar-refractivity contribution in [2.45, 2.75) is 39.0 Å². The maximum absolute atomic E-state index is 12.4. The van der Waals surface area contributed by atoms with Gasteiger partial charge in [0, 0.05) is 25.7 Å². The van der Waals surface area contributed by atoms with Gasteiger partial charge in [0.25, 0.3) is 0 Å². The SMILES string of the molecule is CCN(CC(F)(F)F)C(CNC(C)C)COC. The normalized spacial score (nSPS) is 14.6. The van der Waals surface area contributed by atoms with Gasteiger partial charge in [-0.15, -0.1) is 0 Å². The van der Waals surface area contributed by atoms with E-state index in [-0.39, 0.29) is 12.1 Å². The van der Waals surface area contributed by atoms with Gasteiger partial charge in [0.1, 0.15) is 0 Å². The van der Waals surface area contributed by atoms with Crippen LogP contribution in [0.3, 0.4) is 0 Å². The van der Waals surface area contributed by atoms with Gasteiger partial charge < -0.3 is 10.1 Å². The Morgan fingerprint density at radius 3 is 2.24 bits per heavy atom. The van der Waals surface area contributed by atoms with Gasteiger partial charge in [-0.25, -0.2) is 0 Å². The number of hydrogen-bond acceptors (Lipinski definition) is 3. The Morgan fingerprint density at radius 1 is 1.29 bits per heavy atom. The van der Waals surface area contributed by atoms with E-state index in [9.17, 15) is 13.2 Å². The van der Waals surface area contributed by atoms with E-state index < -0.39 is 12.7 Å². The fourth-order valence-electron chi connectivity index (χ4n) is 1.59. The fourth-order valence-corrected chi connectivity index (χ4v) is 1.59. The third-order valence-corrected chi connectivity index (χ3v) is 2.43. The predicted octanol–water partition coefficient (Wildman–Crippen LogP) is 1.88. The van der Waals surface area contributed by atoms with E-state index in [1.165, 1.54) is 12.0 Å². The molecule has 0 saturated carbocycles. The van der Waals surface area contributed by atoms with Crippen molar-refractivity contribution in [3.05, 3.63) is 0 Å². The van der Waals surface area contributed by atoms with Gasteiger partial charge in [-0.05, 0) is 6.54 Å². The first-order valence-electron chi connectivity index (χ1n) is 5.83. The first-order valence-corrected chi connectivity index (χ1v) is 5.83. The fraction of sp³-hybridized carbons (Fsp3) is 1.00. The highest BCUT2D eigenvalue weighted by Gasteiger charge is 2.33. The van der Waals surface area contributed by atoms with E-state index in [0.717, 1.165) is 0 Å². The van der Waals surface area contributed by atoms with Crippen molar-refractivity contribution in [2.24, 2.45) is 0 Å². The van der Waals surface area contributed by atoms with Crippen LogP contribution in [-0.2, 0) is 4.74 Å². The van der Waals surface area contributed by atoms with Crippen molar-refractivity contribution < 1.29 is 17.9 Å². The molecule has 0 amide bonds. The van der Waals surface area contributed by atoms with Crippen LogP contribution in [0.4, 0.5) is 13.2 Å². The second-order valence-corrected chi connectivity index (χ2v) is 4.35. The summed E-state index contributed by atoms with van der Waals surface area (Å²) in [5, 5.41) is 3.14. The first kappa shape index (κ1) is 16.7. The van der Waals surface area contributed by atoms with Crippen molar-refractivity contribution in [3.63, 3.8) is 0 Å². The third kappa shape index (κ3) is 8.40. The average Bonchev–Trinajstić information content (AvgIpc) is 2.19. The molecule has 17 heavy (non-hydrogen) atoms. The summed E-state index contributed by atoms with van der Waals surface area (Å²) in [4.78, 5) is 1.39. The minimum Gasteiger partial charge on any atom is -0.383 e. The Kier molecular flexibility index (Phi) is 7.74. The molecule has 0 bridgehead atoms. The summed E-state index contributed by atoms with van der Waals surface area (Å²) in [5.74, 6) is 0. The van der Waals surface area contributed by atoms with E-state index in [4.69, 9.17) is 4.74 Å². The summed E-state index contributed by atoms with van der Waals surface area (Å²) in [6.07, 6.45) is -4.17. The Labute approximate surface area is 101 Å². The van der Waals surface area contributed by atoms with Crippen LogP contribution in [0.15, 0.2) is 0 Å². The van der Waals surface area contributed by atoms with Crippen LogP contribution in [0.5, 0.6) is 0 Å². The molecule has 0 spiro atoms. The van der Waals surface area contributed by atoms with Crippen LogP contribution in [0.25, 0.3) is 0 Å². The molecule has 0 aromatic rings. The van der Waals surface area contributed by atoms with Crippen molar-refractivity contribution in [3.8, 4) is 0 Å². The Balaban J connectivity index is 4.40. The van der Waals surface area contributed by atoms with Crippen LogP contribution in [0, 0.1) is 0 Å². The molecule has 1 atom stereocenters. The molecule has 1 N–H and O–H groups in total. The highest BCUT2D eigenvalue weighted by atomic mass is 19.4. The molecule has 0 fully saturated rings. The van der Waals surface area contributed by atoms with E-state index in [1.807, 2.05) is 13.8 Å². The monoisotopic (exact) mass is 256 g/mol. The average molecular weight is 256 g/mol. The Bertz CT molecular complexity index is 198. The van der Waals surface area contributed by atoms with Gasteiger partial charge >= 0.3 is 6.18 Å². The number of ether oxygens (including phenoxy) is 1. The summed E-state index contributed by atoms with van der Waals surface area (Å²) in [6.45, 7) is 5.90. The van der Waals surface area contributed by atoms with Crippen molar-refractivity contribution in [2.75, 3.05) is 33.4 Å². The van der Waals surface area contributed by atoms with Crippen molar-refractivity contribution >= 4 is 0 Å². The minimum atomic E-state index is -4.17. The van der Waals surface area contributed by atoms with Crippen LogP contribution in [0.2, 0.25) is 0 Å². The maximum atomic E-state index is 12.4. The molecule has 1 unspecified atom stereocenters. The lowest BCUT2D eigenvalue weighted by molar-refractivity contribution is -0.152. The predicted molar refractivity (Wildman–Crippen MR) is 62.1 cm³/mol. The van der Waals surface area contributed by atoms with Crippen molar-refractivity contribution in [1.29, 1.82) is 0 Å². The molecule has 0 aromatic heterocycles.